The van der Waals surface area contributed by atoms with Crippen molar-refractivity contribution in [3.05, 3.63) is 87.3 Å². The van der Waals surface area contributed by atoms with Gasteiger partial charge in [-0.15, -0.1) is 0 Å². The lowest BCUT2D eigenvalue weighted by molar-refractivity contribution is 0.927. The van der Waals surface area contributed by atoms with Gasteiger partial charge in [0.1, 0.15) is 0 Å². The van der Waals surface area contributed by atoms with Gasteiger partial charge >= 0.3 is 0 Å². The number of aryl methyl sites for hydroxylation is 2. The van der Waals surface area contributed by atoms with E-state index in [9.17, 15) is 0 Å². The second-order valence-electron chi connectivity index (χ2n) is 5.84. The topological polar surface area (TPSA) is 0 Å². The first-order valence-electron chi connectivity index (χ1n) is 7.76. The van der Waals surface area contributed by atoms with Crippen LogP contribution in [0.3, 0.4) is 0 Å². The van der Waals surface area contributed by atoms with Crippen LogP contribution in [0.1, 0.15) is 41.2 Å². The zero-order valence-electron chi connectivity index (χ0n) is 13.2. The molecule has 0 radical (unpaired) electrons. The molecule has 2 aliphatic rings. The Morgan fingerprint density at radius 2 is 1.55 bits per heavy atom. The minimum atomic E-state index is 1.22. The first-order valence-corrected chi connectivity index (χ1v) is 7.76. The van der Waals surface area contributed by atoms with E-state index in [2.05, 4.69) is 73.9 Å². The van der Waals surface area contributed by atoms with Crippen molar-refractivity contribution in [2.24, 2.45) is 0 Å². The molecule has 0 amide bonds. The Hall–Kier alpha value is -2.52. The maximum Gasteiger partial charge on any atom is -0.00338 e. The Bertz CT molecular complexity index is 821. The second kappa shape index (κ2) is 6.50. The third-order valence-corrected chi connectivity index (χ3v) is 4.13. The van der Waals surface area contributed by atoms with Crippen LogP contribution < -0.4 is 0 Å². The highest BCUT2D eigenvalue weighted by Gasteiger charge is 2.05. The molecule has 0 aliphatic heterocycles. The molecule has 0 saturated carbocycles. The van der Waals surface area contributed by atoms with E-state index in [-0.39, 0.29) is 0 Å². The molecule has 2 aromatic rings. The predicted molar refractivity (Wildman–Crippen MR) is 95.5 cm³/mol. The number of hydrogen-bond acceptors (Lipinski definition) is 0. The number of benzene rings is 2. The van der Waals surface area contributed by atoms with Crippen LogP contribution in [0.25, 0.3) is 18.2 Å². The summed E-state index contributed by atoms with van der Waals surface area (Å²) in [6.07, 6.45) is 8.68. The van der Waals surface area contributed by atoms with Crippen molar-refractivity contribution in [3.8, 4) is 0 Å². The Labute approximate surface area is 132 Å². The average Bonchev–Trinajstić information content (AvgIpc) is 2.56. The zero-order valence-corrected chi connectivity index (χ0v) is 13.2. The molecule has 0 fully saturated rings. The number of rotatable bonds is 0. The van der Waals surface area contributed by atoms with E-state index >= 15 is 0 Å². The lowest BCUT2D eigenvalue weighted by atomic mass is 9.93. The van der Waals surface area contributed by atoms with Crippen LogP contribution in [0.2, 0.25) is 0 Å². The van der Waals surface area contributed by atoms with Crippen molar-refractivity contribution < 1.29 is 0 Å². The highest BCUT2D eigenvalue weighted by molar-refractivity contribution is 5.70. The molecule has 0 atom stereocenters. The van der Waals surface area contributed by atoms with Crippen molar-refractivity contribution in [2.75, 3.05) is 0 Å². The lowest BCUT2D eigenvalue weighted by Gasteiger charge is -2.12. The molecule has 4 rings (SSSR count). The number of allylic oxidation sites excluding steroid dienone is 1. The summed E-state index contributed by atoms with van der Waals surface area (Å²) in [6, 6.07) is 14.9. The monoisotopic (exact) mass is 284 g/mol. The SMILES string of the molecule is CC1=Cc2ccccc2CC1.Cc1cccc2c1C=C=C=C2. The molecule has 0 unspecified atom stereocenters. The van der Waals surface area contributed by atoms with Gasteiger partial charge in [0.15, 0.2) is 0 Å². The highest BCUT2D eigenvalue weighted by Crippen LogP contribution is 2.22. The Morgan fingerprint density at radius 1 is 0.773 bits per heavy atom. The van der Waals surface area contributed by atoms with E-state index in [4.69, 9.17) is 0 Å². The summed E-state index contributed by atoms with van der Waals surface area (Å²) in [6.45, 7) is 4.31. The summed E-state index contributed by atoms with van der Waals surface area (Å²) in [7, 11) is 0. The van der Waals surface area contributed by atoms with Gasteiger partial charge in [-0.1, -0.05) is 65.6 Å². The van der Waals surface area contributed by atoms with Gasteiger partial charge in [-0.3, -0.25) is 0 Å². The van der Waals surface area contributed by atoms with Gasteiger partial charge < -0.3 is 0 Å². The van der Waals surface area contributed by atoms with Crippen molar-refractivity contribution in [1.29, 1.82) is 0 Å². The average molecular weight is 284 g/mol. The minimum absolute atomic E-state index is 1.22. The first-order chi connectivity index (χ1) is 10.7. The molecule has 0 aromatic heterocycles. The van der Waals surface area contributed by atoms with Crippen LogP contribution in [0.4, 0.5) is 0 Å². The molecule has 108 valence electrons. The molecule has 0 bridgehead atoms. The standard InChI is InChI=1S/C11H8.C11H12/c1-9-5-4-7-10-6-2-3-8-11(9)10;1-9-6-7-10-4-2-3-5-11(10)8-9/h4-8H,1H3;2-5,8H,6-7H2,1H3. The summed E-state index contributed by atoms with van der Waals surface area (Å²) < 4.78 is 0. The number of hydrogen-bond donors (Lipinski definition) is 0. The largest absolute Gasteiger partial charge is 0.0724 e. The molecular formula is C22H20. The highest BCUT2D eigenvalue weighted by atomic mass is 14.1. The van der Waals surface area contributed by atoms with Crippen molar-refractivity contribution in [2.45, 2.75) is 26.7 Å². The maximum atomic E-state index is 2.95. The summed E-state index contributed by atoms with van der Waals surface area (Å²) in [5.74, 6) is 0. The van der Waals surface area contributed by atoms with Crippen molar-refractivity contribution >= 4 is 18.2 Å². The quantitative estimate of drug-likeness (QED) is 0.456. The smallest absolute Gasteiger partial charge is 0.00338 e. The van der Waals surface area contributed by atoms with E-state index in [1.807, 2.05) is 12.2 Å². The second-order valence-corrected chi connectivity index (χ2v) is 5.84. The molecule has 0 heteroatoms. The van der Waals surface area contributed by atoms with E-state index in [1.165, 1.54) is 46.2 Å². The van der Waals surface area contributed by atoms with Gasteiger partial charge in [0.05, 0.1) is 0 Å². The summed E-state index contributed by atoms with van der Waals surface area (Å²) in [4.78, 5) is 0. The van der Waals surface area contributed by atoms with Gasteiger partial charge in [-0.05, 0) is 66.7 Å². The zero-order chi connectivity index (χ0) is 15.4. The van der Waals surface area contributed by atoms with Crippen molar-refractivity contribution in [3.63, 3.8) is 0 Å². The molecule has 0 spiro atoms. The Balaban J connectivity index is 0.000000131. The molecule has 2 aromatic carbocycles. The third-order valence-electron chi connectivity index (χ3n) is 4.13. The van der Waals surface area contributed by atoms with Crippen LogP contribution in [0.15, 0.2) is 59.5 Å². The summed E-state index contributed by atoms with van der Waals surface area (Å²) in [5, 5.41) is 0. The van der Waals surface area contributed by atoms with Gasteiger partial charge in [0.25, 0.3) is 0 Å². The van der Waals surface area contributed by atoms with Gasteiger partial charge in [-0.25, -0.2) is 0 Å². The fraction of sp³-hybridized carbons (Fsp3) is 0.182. The molecule has 0 heterocycles. The van der Waals surface area contributed by atoms with Crippen LogP contribution >= 0.6 is 0 Å². The van der Waals surface area contributed by atoms with Crippen LogP contribution in [0.5, 0.6) is 0 Å². The van der Waals surface area contributed by atoms with E-state index in [0.717, 1.165) is 0 Å². The maximum absolute atomic E-state index is 2.95. The molecule has 22 heavy (non-hydrogen) atoms. The minimum Gasteiger partial charge on any atom is -0.0724 e. The fourth-order valence-electron chi connectivity index (χ4n) is 2.83. The van der Waals surface area contributed by atoms with E-state index in [0.29, 0.717) is 0 Å². The van der Waals surface area contributed by atoms with Crippen LogP contribution in [0, 0.1) is 6.92 Å². The van der Waals surface area contributed by atoms with Crippen LogP contribution in [-0.4, -0.2) is 0 Å². The lowest BCUT2D eigenvalue weighted by Crippen LogP contribution is -1.95. The molecule has 0 saturated heterocycles. The molecule has 2 aliphatic carbocycles. The molecule has 0 N–H and O–H groups in total. The first kappa shape index (κ1) is 14.4. The van der Waals surface area contributed by atoms with Gasteiger partial charge in [0, 0.05) is 0 Å². The summed E-state index contributed by atoms with van der Waals surface area (Å²) in [5.41, 5.74) is 14.1. The predicted octanol–water partition coefficient (Wildman–Crippen LogP) is 5.83. The van der Waals surface area contributed by atoms with Gasteiger partial charge in [-0.2, -0.15) is 0 Å². The van der Waals surface area contributed by atoms with Gasteiger partial charge in [0.2, 0.25) is 0 Å². The molecule has 0 nitrogen and oxygen atoms in total. The third kappa shape index (κ3) is 3.21. The number of fused-ring (bicyclic) bond motifs is 2. The van der Waals surface area contributed by atoms with Crippen molar-refractivity contribution in [1.82, 2.24) is 0 Å². The Kier molecular flexibility index (Phi) is 4.26. The molecular weight excluding hydrogens is 264 g/mol. The van der Waals surface area contributed by atoms with E-state index in [1.54, 1.807) is 0 Å². The normalized spacial score (nSPS) is 13.6. The Morgan fingerprint density at radius 3 is 2.41 bits per heavy atom. The fourth-order valence-corrected chi connectivity index (χ4v) is 2.83. The van der Waals surface area contributed by atoms with E-state index < -0.39 is 0 Å². The van der Waals surface area contributed by atoms with Crippen LogP contribution in [-0.2, 0) is 6.42 Å². The summed E-state index contributed by atoms with van der Waals surface area (Å²) >= 11 is 0.